The van der Waals surface area contributed by atoms with E-state index in [0.717, 1.165) is 23.2 Å². The van der Waals surface area contributed by atoms with Crippen LogP contribution in [0.3, 0.4) is 0 Å². The van der Waals surface area contributed by atoms with Crippen molar-refractivity contribution in [1.82, 2.24) is 5.01 Å². The van der Waals surface area contributed by atoms with Crippen molar-refractivity contribution < 1.29 is 0 Å². The van der Waals surface area contributed by atoms with E-state index < -0.39 is 0 Å². The van der Waals surface area contributed by atoms with Crippen LogP contribution in [0.4, 0.5) is 5.69 Å². The number of benzene rings is 1. The van der Waals surface area contributed by atoms with Gasteiger partial charge in [0.15, 0.2) is 0 Å². The van der Waals surface area contributed by atoms with Crippen molar-refractivity contribution in [3.8, 4) is 0 Å². The monoisotopic (exact) mass is 281 g/mol. The van der Waals surface area contributed by atoms with Crippen molar-refractivity contribution >= 4 is 21.6 Å². The van der Waals surface area contributed by atoms with Crippen LogP contribution in [-0.4, -0.2) is 11.6 Å². The second-order valence-corrected chi connectivity index (χ2v) is 6.17. The molecule has 0 saturated carbocycles. The molecule has 0 unspecified atom stereocenters. The summed E-state index contributed by atoms with van der Waals surface area (Å²) in [7, 11) is 0. The van der Waals surface area contributed by atoms with E-state index in [0.29, 0.717) is 0 Å². The summed E-state index contributed by atoms with van der Waals surface area (Å²) in [6.07, 6.45) is 0. The second-order valence-electron chi connectivity index (χ2n) is 5.32. The Hall–Kier alpha value is -0.900. The average molecular weight is 282 g/mol. The molecule has 1 aromatic carbocycles. The fourth-order valence-corrected chi connectivity index (χ4v) is 2.26. The first-order valence-corrected chi connectivity index (χ1v) is 6.19. The highest BCUT2D eigenvalue weighted by molar-refractivity contribution is 9.10. The van der Waals surface area contributed by atoms with Gasteiger partial charge in [-0.15, -0.1) is 5.11 Å². The fourth-order valence-electron chi connectivity index (χ4n) is 1.77. The second kappa shape index (κ2) is 4.17. The summed E-state index contributed by atoms with van der Waals surface area (Å²) in [5, 5.41) is 10.5. The van der Waals surface area contributed by atoms with E-state index in [1.165, 1.54) is 5.56 Å². The van der Waals surface area contributed by atoms with Crippen LogP contribution < -0.4 is 0 Å². The van der Waals surface area contributed by atoms with Gasteiger partial charge >= 0.3 is 0 Å². The predicted molar refractivity (Wildman–Crippen MR) is 68.5 cm³/mol. The lowest BCUT2D eigenvalue weighted by Gasteiger charge is -2.29. The molecule has 4 heteroatoms. The lowest BCUT2D eigenvalue weighted by atomic mass is 9.96. The molecular weight excluding hydrogens is 266 g/mol. The molecule has 0 amide bonds. The zero-order valence-corrected chi connectivity index (χ0v) is 11.5. The van der Waals surface area contributed by atoms with E-state index in [2.05, 4.69) is 53.1 Å². The highest BCUT2D eigenvalue weighted by Gasteiger charge is 2.20. The van der Waals surface area contributed by atoms with E-state index in [1.807, 2.05) is 17.1 Å². The summed E-state index contributed by atoms with van der Waals surface area (Å²) in [4.78, 5) is 0. The lowest BCUT2D eigenvalue weighted by Crippen LogP contribution is -2.29. The molecule has 2 rings (SSSR count). The normalized spacial score (nSPS) is 15.1. The molecule has 1 aliphatic heterocycles. The first-order valence-electron chi connectivity index (χ1n) is 5.40. The zero-order valence-electron chi connectivity index (χ0n) is 9.87. The third-order valence-electron chi connectivity index (χ3n) is 2.35. The average Bonchev–Trinajstić information content (AvgIpc) is 2.15. The number of fused-ring (bicyclic) bond motifs is 1. The third-order valence-corrected chi connectivity index (χ3v) is 2.99. The standard InChI is InChI=1S/C12H16BrN3/c1-12(2,3)8-16-7-9-5-4-6-10(13)11(9)14-15-16/h4-6H,7-8H2,1-3H3. The van der Waals surface area contributed by atoms with Crippen LogP contribution in [-0.2, 0) is 6.54 Å². The number of hydrogen-bond donors (Lipinski definition) is 0. The van der Waals surface area contributed by atoms with Crippen LogP contribution in [0.1, 0.15) is 26.3 Å². The van der Waals surface area contributed by atoms with Gasteiger partial charge in [-0.2, -0.15) is 0 Å². The van der Waals surface area contributed by atoms with Gasteiger partial charge in [0.2, 0.25) is 0 Å². The summed E-state index contributed by atoms with van der Waals surface area (Å²) in [5.41, 5.74) is 2.43. The van der Waals surface area contributed by atoms with Crippen LogP contribution in [0.25, 0.3) is 0 Å². The Morgan fingerprint density at radius 2 is 2.12 bits per heavy atom. The van der Waals surface area contributed by atoms with Gasteiger partial charge in [0.25, 0.3) is 0 Å². The van der Waals surface area contributed by atoms with E-state index >= 15 is 0 Å². The van der Waals surface area contributed by atoms with Crippen molar-refractivity contribution in [3.63, 3.8) is 0 Å². The summed E-state index contributed by atoms with van der Waals surface area (Å²) in [6.45, 7) is 8.38. The molecule has 3 nitrogen and oxygen atoms in total. The molecule has 0 spiro atoms. The number of nitrogens with zero attached hydrogens (tertiary/aromatic N) is 3. The molecule has 86 valence electrons. The Balaban J connectivity index is 2.19. The Morgan fingerprint density at radius 1 is 1.38 bits per heavy atom. The minimum atomic E-state index is 0.239. The molecule has 0 radical (unpaired) electrons. The van der Waals surface area contributed by atoms with Gasteiger partial charge in [-0.1, -0.05) is 38.1 Å². The molecule has 0 aromatic heterocycles. The van der Waals surface area contributed by atoms with Gasteiger partial charge in [0.05, 0.1) is 6.54 Å². The summed E-state index contributed by atoms with van der Waals surface area (Å²) in [6, 6.07) is 6.14. The Labute approximate surface area is 105 Å². The maximum Gasteiger partial charge on any atom is 0.107 e. The van der Waals surface area contributed by atoms with E-state index in [4.69, 9.17) is 0 Å². The minimum Gasteiger partial charge on any atom is -0.273 e. The van der Waals surface area contributed by atoms with Crippen molar-refractivity contribution in [1.29, 1.82) is 0 Å². The van der Waals surface area contributed by atoms with Crippen LogP contribution in [0.15, 0.2) is 33.0 Å². The molecule has 0 saturated heterocycles. The molecule has 1 aromatic rings. The molecule has 16 heavy (non-hydrogen) atoms. The molecule has 0 bridgehead atoms. The van der Waals surface area contributed by atoms with Gasteiger partial charge in [-0.05, 0) is 27.4 Å². The van der Waals surface area contributed by atoms with E-state index in [1.54, 1.807) is 0 Å². The fraction of sp³-hybridized carbons (Fsp3) is 0.500. The summed E-state index contributed by atoms with van der Waals surface area (Å²) < 4.78 is 1.02. The molecule has 1 aliphatic rings. The van der Waals surface area contributed by atoms with Crippen molar-refractivity contribution in [3.05, 3.63) is 28.2 Å². The molecule has 0 N–H and O–H groups in total. The number of hydrogen-bond acceptors (Lipinski definition) is 3. The highest BCUT2D eigenvalue weighted by atomic mass is 79.9. The summed E-state index contributed by atoms with van der Waals surface area (Å²) in [5.74, 6) is 0. The number of rotatable bonds is 1. The van der Waals surface area contributed by atoms with Crippen molar-refractivity contribution in [2.75, 3.05) is 6.54 Å². The first-order chi connectivity index (χ1) is 7.46. The zero-order chi connectivity index (χ0) is 11.8. The minimum absolute atomic E-state index is 0.239. The van der Waals surface area contributed by atoms with Gasteiger partial charge in [-0.25, -0.2) is 0 Å². The smallest absolute Gasteiger partial charge is 0.107 e. The molecule has 0 fully saturated rings. The van der Waals surface area contributed by atoms with Crippen molar-refractivity contribution in [2.24, 2.45) is 15.8 Å². The highest BCUT2D eigenvalue weighted by Crippen LogP contribution is 2.34. The summed E-state index contributed by atoms with van der Waals surface area (Å²) >= 11 is 3.49. The molecule has 0 aliphatic carbocycles. The van der Waals surface area contributed by atoms with Gasteiger partial charge in [-0.3, -0.25) is 5.01 Å². The van der Waals surface area contributed by atoms with Crippen LogP contribution in [0.2, 0.25) is 0 Å². The van der Waals surface area contributed by atoms with Crippen LogP contribution in [0, 0.1) is 5.41 Å². The largest absolute Gasteiger partial charge is 0.273 e. The van der Waals surface area contributed by atoms with Crippen molar-refractivity contribution in [2.45, 2.75) is 27.3 Å². The quantitative estimate of drug-likeness (QED) is 0.754. The molecule has 0 atom stereocenters. The van der Waals surface area contributed by atoms with E-state index in [9.17, 15) is 0 Å². The Kier molecular flexibility index (Phi) is 3.02. The topological polar surface area (TPSA) is 28.0 Å². The Morgan fingerprint density at radius 3 is 2.81 bits per heavy atom. The maximum atomic E-state index is 4.26. The maximum absolute atomic E-state index is 4.26. The SMILES string of the molecule is CC(C)(C)CN1Cc2cccc(Br)c2N=N1. The lowest BCUT2D eigenvalue weighted by molar-refractivity contribution is 0.174. The van der Waals surface area contributed by atoms with Gasteiger partial charge < -0.3 is 0 Å². The van der Waals surface area contributed by atoms with E-state index in [-0.39, 0.29) is 5.41 Å². The predicted octanol–water partition coefficient (Wildman–Crippen LogP) is 4.31. The third kappa shape index (κ3) is 2.61. The molecule has 1 heterocycles. The first kappa shape index (κ1) is 11.6. The van der Waals surface area contributed by atoms with Gasteiger partial charge in [0, 0.05) is 16.6 Å². The Bertz CT molecular complexity index is 421. The van der Waals surface area contributed by atoms with Crippen LogP contribution >= 0.6 is 15.9 Å². The number of halogens is 1. The van der Waals surface area contributed by atoms with Crippen LogP contribution in [0.5, 0.6) is 0 Å². The van der Waals surface area contributed by atoms with Gasteiger partial charge in [0.1, 0.15) is 5.69 Å². The molecular formula is C12H16BrN3.